The quantitative estimate of drug-likeness (QED) is 0.514. The van der Waals surface area contributed by atoms with Gasteiger partial charge in [0.15, 0.2) is 0 Å². The Labute approximate surface area is 125 Å². The first kappa shape index (κ1) is 16.9. The van der Waals surface area contributed by atoms with Gasteiger partial charge in [-0.2, -0.15) is 0 Å². The number of amides is 3. The van der Waals surface area contributed by atoms with Gasteiger partial charge in [-0.1, -0.05) is 11.8 Å². The lowest BCUT2D eigenvalue weighted by atomic mass is 10.4. The Morgan fingerprint density at radius 1 is 1.38 bits per heavy atom. The summed E-state index contributed by atoms with van der Waals surface area (Å²) in [6, 6.07) is -0.637. The van der Waals surface area contributed by atoms with Crippen LogP contribution in [0.25, 0.3) is 0 Å². The lowest BCUT2D eigenvalue weighted by Gasteiger charge is -2.08. The van der Waals surface area contributed by atoms with E-state index in [0.29, 0.717) is 0 Å². The van der Waals surface area contributed by atoms with Gasteiger partial charge in [0, 0.05) is 6.04 Å². The summed E-state index contributed by atoms with van der Waals surface area (Å²) >= 11 is 1.00. The summed E-state index contributed by atoms with van der Waals surface area (Å²) in [5.41, 5.74) is 0. The fourth-order valence-corrected chi connectivity index (χ4v) is 1.85. The summed E-state index contributed by atoms with van der Waals surface area (Å²) in [6.07, 6.45) is 0. The van der Waals surface area contributed by atoms with E-state index in [4.69, 9.17) is 0 Å². The van der Waals surface area contributed by atoms with E-state index >= 15 is 0 Å². The van der Waals surface area contributed by atoms with Gasteiger partial charge in [0.25, 0.3) is 0 Å². The zero-order valence-electron chi connectivity index (χ0n) is 11.8. The van der Waals surface area contributed by atoms with Gasteiger partial charge in [0.05, 0.1) is 12.9 Å². The molecule has 0 fully saturated rings. The van der Waals surface area contributed by atoms with E-state index in [2.05, 4.69) is 30.9 Å². The van der Waals surface area contributed by atoms with Crippen LogP contribution in [-0.4, -0.2) is 57.0 Å². The van der Waals surface area contributed by atoms with Crippen LogP contribution < -0.4 is 10.6 Å². The van der Waals surface area contributed by atoms with Gasteiger partial charge in [-0.15, -0.1) is 5.10 Å². The standard InChI is InChI=1S/C10H16N6O4S/c1-6(2)11-9(19)12-7(17)5-21-10-13-14-15-16(10)4-8(18)20-3/h6H,4-5H2,1-3H3,(H2,11,12,17,19). The molecular weight excluding hydrogens is 300 g/mol. The number of imide groups is 1. The summed E-state index contributed by atoms with van der Waals surface area (Å²) in [5, 5.41) is 15.7. The van der Waals surface area contributed by atoms with E-state index in [1.165, 1.54) is 11.8 Å². The highest BCUT2D eigenvalue weighted by Crippen LogP contribution is 2.12. The average Bonchev–Trinajstić information content (AvgIpc) is 2.82. The third kappa shape index (κ3) is 6.21. The first-order valence-electron chi connectivity index (χ1n) is 5.98. The number of hydrogen-bond donors (Lipinski definition) is 2. The molecule has 0 aromatic carbocycles. The largest absolute Gasteiger partial charge is 0.468 e. The van der Waals surface area contributed by atoms with Crippen LogP contribution in [-0.2, 0) is 20.9 Å². The van der Waals surface area contributed by atoms with Crippen LogP contribution >= 0.6 is 11.8 Å². The van der Waals surface area contributed by atoms with Crippen LogP contribution in [0.3, 0.4) is 0 Å². The normalized spacial score (nSPS) is 10.3. The molecule has 0 bridgehead atoms. The van der Waals surface area contributed by atoms with Gasteiger partial charge in [0.2, 0.25) is 11.1 Å². The van der Waals surface area contributed by atoms with E-state index in [1.54, 1.807) is 13.8 Å². The number of rotatable bonds is 6. The highest BCUT2D eigenvalue weighted by molar-refractivity contribution is 7.99. The van der Waals surface area contributed by atoms with E-state index in [-0.39, 0.29) is 23.5 Å². The van der Waals surface area contributed by atoms with Crippen molar-refractivity contribution < 1.29 is 19.1 Å². The summed E-state index contributed by atoms with van der Waals surface area (Å²) in [7, 11) is 1.25. The molecule has 0 aliphatic rings. The molecule has 0 saturated heterocycles. The highest BCUT2D eigenvalue weighted by atomic mass is 32.2. The topological polar surface area (TPSA) is 128 Å². The minimum absolute atomic E-state index is 0.0624. The smallest absolute Gasteiger partial charge is 0.327 e. The number of esters is 1. The van der Waals surface area contributed by atoms with Crippen molar-refractivity contribution in [1.82, 2.24) is 30.8 Å². The van der Waals surface area contributed by atoms with Gasteiger partial charge in [0.1, 0.15) is 6.54 Å². The minimum Gasteiger partial charge on any atom is -0.468 e. The number of carbonyl (C=O) groups excluding carboxylic acids is 3. The van der Waals surface area contributed by atoms with Crippen molar-refractivity contribution >= 4 is 29.7 Å². The number of hydrogen-bond acceptors (Lipinski definition) is 8. The number of aromatic nitrogens is 4. The monoisotopic (exact) mass is 316 g/mol. The molecule has 11 heteroatoms. The summed E-state index contributed by atoms with van der Waals surface area (Å²) < 4.78 is 5.70. The van der Waals surface area contributed by atoms with Crippen molar-refractivity contribution in [3.05, 3.63) is 0 Å². The van der Waals surface area contributed by atoms with Crippen LogP contribution in [0.15, 0.2) is 5.16 Å². The van der Waals surface area contributed by atoms with Crippen molar-refractivity contribution in [2.24, 2.45) is 0 Å². The summed E-state index contributed by atoms with van der Waals surface area (Å²) in [6.45, 7) is 3.40. The Balaban J connectivity index is 2.45. The molecule has 116 valence electrons. The molecule has 0 aliphatic heterocycles. The van der Waals surface area contributed by atoms with Crippen molar-refractivity contribution in [3.8, 4) is 0 Å². The van der Waals surface area contributed by atoms with E-state index < -0.39 is 17.9 Å². The minimum atomic E-state index is -0.565. The van der Waals surface area contributed by atoms with Gasteiger partial charge in [-0.25, -0.2) is 9.48 Å². The second-order valence-corrected chi connectivity index (χ2v) is 5.10. The van der Waals surface area contributed by atoms with E-state index in [0.717, 1.165) is 11.8 Å². The number of thioether (sulfide) groups is 1. The Kier molecular flexibility index (Phi) is 6.59. The maximum Gasteiger partial charge on any atom is 0.327 e. The Morgan fingerprint density at radius 2 is 2.10 bits per heavy atom. The van der Waals surface area contributed by atoms with Crippen LogP contribution in [0.2, 0.25) is 0 Å². The van der Waals surface area contributed by atoms with Gasteiger partial charge >= 0.3 is 12.0 Å². The zero-order chi connectivity index (χ0) is 15.8. The second-order valence-electron chi connectivity index (χ2n) is 4.16. The van der Waals surface area contributed by atoms with Crippen molar-refractivity contribution in [2.45, 2.75) is 31.6 Å². The molecule has 2 N–H and O–H groups in total. The maximum absolute atomic E-state index is 11.6. The molecule has 3 amide bonds. The SMILES string of the molecule is COC(=O)Cn1nnnc1SCC(=O)NC(=O)NC(C)C. The predicted octanol–water partition coefficient (Wildman–Crippen LogP) is -0.828. The molecule has 1 aromatic heterocycles. The summed E-state index contributed by atoms with van der Waals surface area (Å²) in [4.78, 5) is 34.0. The zero-order valence-corrected chi connectivity index (χ0v) is 12.6. The van der Waals surface area contributed by atoms with Gasteiger partial charge < -0.3 is 10.1 Å². The fraction of sp³-hybridized carbons (Fsp3) is 0.600. The molecule has 0 radical (unpaired) electrons. The van der Waals surface area contributed by atoms with E-state index in [1.807, 2.05) is 0 Å². The number of ether oxygens (including phenoxy) is 1. The Bertz CT molecular complexity index is 517. The van der Waals surface area contributed by atoms with Crippen LogP contribution in [0.4, 0.5) is 4.79 Å². The first-order valence-corrected chi connectivity index (χ1v) is 6.97. The number of nitrogens with zero attached hydrogens (tertiary/aromatic N) is 4. The van der Waals surface area contributed by atoms with Crippen molar-refractivity contribution in [3.63, 3.8) is 0 Å². The second kappa shape index (κ2) is 8.19. The molecule has 1 rings (SSSR count). The number of methoxy groups -OCH3 is 1. The number of carbonyl (C=O) groups is 3. The van der Waals surface area contributed by atoms with E-state index in [9.17, 15) is 14.4 Å². The van der Waals surface area contributed by atoms with Gasteiger partial charge in [-0.05, 0) is 24.3 Å². The molecule has 10 nitrogen and oxygen atoms in total. The van der Waals surface area contributed by atoms with Crippen LogP contribution in [0.1, 0.15) is 13.8 Å². The van der Waals surface area contributed by atoms with Crippen molar-refractivity contribution in [1.29, 1.82) is 0 Å². The average molecular weight is 316 g/mol. The fourth-order valence-electron chi connectivity index (χ4n) is 1.18. The van der Waals surface area contributed by atoms with Gasteiger partial charge in [-0.3, -0.25) is 14.9 Å². The van der Waals surface area contributed by atoms with Crippen molar-refractivity contribution in [2.75, 3.05) is 12.9 Å². The highest BCUT2D eigenvalue weighted by Gasteiger charge is 2.14. The molecule has 1 heterocycles. The molecule has 0 saturated carbocycles. The van der Waals surface area contributed by atoms with Crippen LogP contribution in [0.5, 0.6) is 0 Å². The lowest BCUT2D eigenvalue weighted by molar-refractivity contribution is -0.141. The molecule has 0 atom stereocenters. The molecular formula is C10H16N6O4S. The number of tetrazole rings is 1. The molecule has 0 spiro atoms. The third-order valence-electron chi connectivity index (χ3n) is 2.01. The number of nitrogens with one attached hydrogen (secondary N) is 2. The predicted molar refractivity (Wildman–Crippen MR) is 72.4 cm³/mol. The Morgan fingerprint density at radius 3 is 2.71 bits per heavy atom. The Hall–Kier alpha value is -2.17. The maximum atomic E-state index is 11.6. The first-order chi connectivity index (χ1) is 9.92. The molecule has 0 unspecified atom stereocenters. The third-order valence-corrected chi connectivity index (χ3v) is 2.97. The molecule has 1 aromatic rings. The summed E-state index contributed by atoms with van der Waals surface area (Å²) in [5.74, 6) is -1.07. The van der Waals surface area contributed by atoms with Crippen LogP contribution in [0, 0.1) is 0 Å². The molecule has 21 heavy (non-hydrogen) atoms. The molecule has 0 aliphatic carbocycles. The lowest BCUT2D eigenvalue weighted by Crippen LogP contribution is -2.43. The number of urea groups is 1.